The quantitative estimate of drug-likeness (QED) is 0.590. The smallest absolute Gasteiger partial charge is 0.0349 e. The highest BCUT2D eigenvalue weighted by molar-refractivity contribution is 5.80. The standard InChI is InChI=1S/C21H15/c1-3-8-16(9-4-1)18-12-7-13-20-19(14-15-21(18)20)17-10-5-2-6-11-17/h1-13,15,19H. The van der Waals surface area contributed by atoms with Gasteiger partial charge in [0.1, 0.15) is 0 Å². The zero-order valence-electron chi connectivity index (χ0n) is 11.7. The largest absolute Gasteiger partial charge is 0.0622 e. The maximum atomic E-state index is 3.52. The van der Waals surface area contributed by atoms with Crippen LogP contribution in [0.5, 0.6) is 0 Å². The van der Waals surface area contributed by atoms with Crippen LogP contribution >= 0.6 is 0 Å². The van der Waals surface area contributed by atoms with Crippen molar-refractivity contribution in [3.63, 3.8) is 0 Å². The highest BCUT2D eigenvalue weighted by atomic mass is 14.2. The number of fused-ring (bicyclic) bond motifs is 1. The predicted octanol–water partition coefficient (Wildman–Crippen LogP) is 5.32. The van der Waals surface area contributed by atoms with Crippen molar-refractivity contribution >= 4 is 6.08 Å². The Bertz CT molecular complexity index is 783. The van der Waals surface area contributed by atoms with Gasteiger partial charge in [0.15, 0.2) is 0 Å². The number of hydrogen-bond donors (Lipinski definition) is 0. The van der Waals surface area contributed by atoms with Crippen LogP contribution in [0.2, 0.25) is 0 Å². The minimum absolute atomic E-state index is 0.255. The number of allylic oxidation sites excluding steroid dienone is 1. The average molecular weight is 267 g/mol. The molecular weight excluding hydrogens is 252 g/mol. The lowest BCUT2D eigenvalue weighted by atomic mass is 9.90. The summed E-state index contributed by atoms with van der Waals surface area (Å²) in [4.78, 5) is 0. The van der Waals surface area contributed by atoms with Crippen LogP contribution in [0.15, 0.2) is 78.9 Å². The number of benzene rings is 3. The maximum Gasteiger partial charge on any atom is 0.0349 e. The number of hydrogen-bond acceptors (Lipinski definition) is 0. The first-order valence-corrected chi connectivity index (χ1v) is 7.26. The van der Waals surface area contributed by atoms with Crippen molar-refractivity contribution in [2.75, 3.05) is 0 Å². The summed E-state index contributed by atoms with van der Waals surface area (Å²) < 4.78 is 0. The predicted molar refractivity (Wildman–Crippen MR) is 87.9 cm³/mol. The molecule has 3 aromatic carbocycles. The third-order valence-electron chi connectivity index (χ3n) is 4.06. The van der Waals surface area contributed by atoms with Gasteiger partial charge in [0.25, 0.3) is 0 Å². The Kier molecular flexibility index (Phi) is 2.93. The average Bonchev–Trinajstić information content (AvgIpc) is 3.00. The van der Waals surface area contributed by atoms with Crippen LogP contribution < -0.4 is 0 Å². The first-order chi connectivity index (χ1) is 10.4. The lowest BCUT2D eigenvalue weighted by Crippen LogP contribution is -1.96. The Morgan fingerprint density at radius 2 is 1.38 bits per heavy atom. The molecule has 0 nitrogen and oxygen atoms in total. The van der Waals surface area contributed by atoms with E-state index in [2.05, 4.69) is 91.0 Å². The maximum absolute atomic E-state index is 3.52. The van der Waals surface area contributed by atoms with Crippen LogP contribution in [0.4, 0.5) is 0 Å². The Morgan fingerprint density at radius 1 is 0.667 bits per heavy atom. The molecule has 99 valence electrons. The Labute approximate surface area is 125 Å². The van der Waals surface area contributed by atoms with Gasteiger partial charge in [0, 0.05) is 5.92 Å². The van der Waals surface area contributed by atoms with Crippen LogP contribution in [-0.4, -0.2) is 0 Å². The summed E-state index contributed by atoms with van der Waals surface area (Å²) in [5.41, 5.74) is 6.51. The van der Waals surface area contributed by atoms with Crippen molar-refractivity contribution in [3.05, 3.63) is 102 Å². The molecule has 21 heavy (non-hydrogen) atoms. The molecule has 3 aromatic rings. The van der Waals surface area contributed by atoms with Gasteiger partial charge in [-0.1, -0.05) is 78.9 Å². The van der Waals surface area contributed by atoms with E-state index < -0.39 is 0 Å². The van der Waals surface area contributed by atoms with Crippen molar-refractivity contribution in [1.29, 1.82) is 0 Å². The SMILES string of the molecule is [C]1=Cc2c(-c3ccccc3)cccc2C1c1ccccc1. The van der Waals surface area contributed by atoms with Crippen LogP contribution in [0.3, 0.4) is 0 Å². The van der Waals surface area contributed by atoms with E-state index in [0.29, 0.717) is 0 Å². The van der Waals surface area contributed by atoms with Gasteiger partial charge in [-0.15, -0.1) is 0 Å². The minimum atomic E-state index is 0.255. The normalized spacial score (nSPS) is 15.9. The van der Waals surface area contributed by atoms with Gasteiger partial charge in [0.2, 0.25) is 0 Å². The summed E-state index contributed by atoms with van der Waals surface area (Å²) in [5, 5.41) is 0. The van der Waals surface area contributed by atoms with E-state index in [9.17, 15) is 0 Å². The summed E-state index contributed by atoms with van der Waals surface area (Å²) in [6.45, 7) is 0. The molecule has 1 radical (unpaired) electrons. The van der Waals surface area contributed by atoms with Crippen LogP contribution in [0.25, 0.3) is 17.2 Å². The fraction of sp³-hybridized carbons (Fsp3) is 0.0476. The lowest BCUT2D eigenvalue weighted by molar-refractivity contribution is 1.03. The van der Waals surface area contributed by atoms with Gasteiger partial charge < -0.3 is 0 Å². The van der Waals surface area contributed by atoms with Crippen molar-refractivity contribution in [2.24, 2.45) is 0 Å². The fourth-order valence-corrected chi connectivity index (χ4v) is 3.04. The molecule has 4 rings (SSSR count). The summed E-state index contributed by atoms with van der Waals surface area (Å²) in [7, 11) is 0. The summed E-state index contributed by atoms with van der Waals surface area (Å²) >= 11 is 0. The fourth-order valence-electron chi connectivity index (χ4n) is 3.04. The number of rotatable bonds is 2. The molecule has 0 saturated carbocycles. The Morgan fingerprint density at radius 3 is 2.14 bits per heavy atom. The lowest BCUT2D eigenvalue weighted by Gasteiger charge is -2.13. The Hall–Kier alpha value is -2.60. The minimum Gasteiger partial charge on any atom is -0.0622 e. The molecule has 0 heteroatoms. The summed E-state index contributed by atoms with van der Waals surface area (Å²) in [5.74, 6) is 0.255. The van der Waals surface area contributed by atoms with Gasteiger partial charge in [-0.3, -0.25) is 0 Å². The molecule has 1 unspecified atom stereocenters. The van der Waals surface area contributed by atoms with Gasteiger partial charge >= 0.3 is 0 Å². The van der Waals surface area contributed by atoms with E-state index >= 15 is 0 Å². The molecule has 1 atom stereocenters. The van der Waals surface area contributed by atoms with Crippen LogP contribution in [-0.2, 0) is 0 Å². The molecule has 1 aliphatic rings. The zero-order valence-corrected chi connectivity index (χ0v) is 11.7. The van der Waals surface area contributed by atoms with E-state index in [1.807, 2.05) is 0 Å². The van der Waals surface area contributed by atoms with Gasteiger partial charge in [-0.2, -0.15) is 0 Å². The molecule has 0 aliphatic heterocycles. The second-order valence-electron chi connectivity index (χ2n) is 5.33. The topological polar surface area (TPSA) is 0 Å². The molecule has 0 heterocycles. The van der Waals surface area contributed by atoms with Gasteiger partial charge in [-0.05, 0) is 40.0 Å². The van der Waals surface area contributed by atoms with Crippen molar-refractivity contribution in [3.8, 4) is 11.1 Å². The van der Waals surface area contributed by atoms with E-state index in [1.54, 1.807) is 0 Å². The van der Waals surface area contributed by atoms with E-state index in [-0.39, 0.29) is 5.92 Å². The molecule has 0 saturated heterocycles. The van der Waals surface area contributed by atoms with Crippen molar-refractivity contribution in [2.45, 2.75) is 5.92 Å². The monoisotopic (exact) mass is 267 g/mol. The molecule has 0 amide bonds. The molecule has 0 aromatic heterocycles. The molecule has 0 N–H and O–H groups in total. The highest BCUT2D eigenvalue weighted by Crippen LogP contribution is 2.39. The van der Waals surface area contributed by atoms with Crippen LogP contribution in [0, 0.1) is 6.08 Å². The van der Waals surface area contributed by atoms with E-state index in [0.717, 1.165) is 0 Å². The van der Waals surface area contributed by atoms with Crippen molar-refractivity contribution in [1.82, 2.24) is 0 Å². The van der Waals surface area contributed by atoms with E-state index in [4.69, 9.17) is 0 Å². The van der Waals surface area contributed by atoms with E-state index in [1.165, 1.54) is 27.8 Å². The summed E-state index contributed by atoms with van der Waals surface area (Å²) in [6, 6.07) is 27.7. The third kappa shape index (κ3) is 2.09. The highest BCUT2D eigenvalue weighted by Gasteiger charge is 2.21. The molecule has 0 bridgehead atoms. The molecule has 0 fully saturated rings. The zero-order chi connectivity index (χ0) is 14.1. The van der Waals surface area contributed by atoms with Crippen molar-refractivity contribution < 1.29 is 0 Å². The second-order valence-corrected chi connectivity index (χ2v) is 5.33. The first kappa shape index (κ1) is 12.2. The van der Waals surface area contributed by atoms with Gasteiger partial charge in [0.05, 0.1) is 0 Å². The molecule has 0 spiro atoms. The summed E-state index contributed by atoms with van der Waals surface area (Å²) in [6.07, 6.45) is 5.67. The molecular formula is C21H15. The third-order valence-corrected chi connectivity index (χ3v) is 4.06. The van der Waals surface area contributed by atoms with Crippen LogP contribution in [0.1, 0.15) is 22.6 Å². The first-order valence-electron chi connectivity index (χ1n) is 7.26. The van der Waals surface area contributed by atoms with Gasteiger partial charge in [-0.25, -0.2) is 0 Å². The Balaban J connectivity index is 1.84. The molecule has 1 aliphatic carbocycles. The second kappa shape index (κ2) is 5.06.